The summed E-state index contributed by atoms with van der Waals surface area (Å²) in [5, 5.41) is 21.1. The lowest BCUT2D eigenvalue weighted by Crippen LogP contribution is -2.61. The topological polar surface area (TPSA) is 82.3 Å². The molecule has 1 aromatic rings. The number of benzene rings is 1. The van der Waals surface area contributed by atoms with Gasteiger partial charge < -0.3 is 15.2 Å². The first-order chi connectivity index (χ1) is 9.43. The number of ether oxygens (including phenoxy) is 1. The number of hydrogen-bond donors (Lipinski definition) is 2. The molecule has 1 aromatic carbocycles. The summed E-state index contributed by atoms with van der Waals surface area (Å²) in [4.78, 5) is 11.8. The maximum atomic E-state index is 11.8. The molecule has 5 heteroatoms. The second-order valence-electron chi connectivity index (χ2n) is 5.62. The lowest BCUT2D eigenvalue weighted by Gasteiger charge is -2.49. The van der Waals surface area contributed by atoms with Crippen molar-refractivity contribution in [3.63, 3.8) is 0 Å². The molecule has 0 bridgehead atoms. The van der Waals surface area contributed by atoms with Gasteiger partial charge in [0, 0.05) is 11.5 Å². The molecule has 1 saturated carbocycles. The quantitative estimate of drug-likeness (QED) is 0.864. The average Bonchev–Trinajstić information content (AvgIpc) is 2.45. The number of carbonyl (C=O) groups is 1. The highest BCUT2D eigenvalue weighted by Gasteiger charge is 2.47. The van der Waals surface area contributed by atoms with E-state index in [1.54, 1.807) is 24.3 Å². The summed E-state index contributed by atoms with van der Waals surface area (Å²) < 4.78 is 5.35. The fraction of sp³-hybridized carbons (Fsp3) is 0.467. The SMILES string of the molecule is CC1(C)C(O)CC1NC(=O)COc1ccc(C#N)cc1. The van der Waals surface area contributed by atoms with Crippen molar-refractivity contribution in [2.75, 3.05) is 6.61 Å². The zero-order chi connectivity index (χ0) is 14.8. The number of aliphatic hydroxyl groups is 1. The first-order valence-corrected chi connectivity index (χ1v) is 6.54. The van der Waals surface area contributed by atoms with Crippen LogP contribution in [0, 0.1) is 16.7 Å². The van der Waals surface area contributed by atoms with E-state index in [9.17, 15) is 9.90 Å². The largest absolute Gasteiger partial charge is 0.484 e. The highest BCUT2D eigenvalue weighted by atomic mass is 16.5. The maximum absolute atomic E-state index is 11.8. The van der Waals surface area contributed by atoms with Crippen molar-refractivity contribution in [1.82, 2.24) is 5.32 Å². The van der Waals surface area contributed by atoms with Gasteiger partial charge in [-0.15, -0.1) is 0 Å². The van der Waals surface area contributed by atoms with E-state index in [0.29, 0.717) is 17.7 Å². The van der Waals surface area contributed by atoms with Crippen LogP contribution in [0.25, 0.3) is 0 Å². The third-order valence-electron chi connectivity index (χ3n) is 3.90. The molecule has 106 valence electrons. The van der Waals surface area contributed by atoms with Crippen LogP contribution < -0.4 is 10.1 Å². The minimum absolute atomic E-state index is 0.0189. The van der Waals surface area contributed by atoms with E-state index in [2.05, 4.69) is 5.32 Å². The van der Waals surface area contributed by atoms with Gasteiger partial charge in [-0.05, 0) is 30.7 Å². The maximum Gasteiger partial charge on any atom is 0.258 e. The molecule has 5 nitrogen and oxygen atoms in total. The Bertz CT molecular complexity index is 531. The molecular weight excluding hydrogens is 256 g/mol. The molecule has 1 aliphatic carbocycles. The molecule has 0 heterocycles. The highest BCUT2D eigenvalue weighted by molar-refractivity contribution is 5.78. The average molecular weight is 274 g/mol. The smallest absolute Gasteiger partial charge is 0.258 e. The van der Waals surface area contributed by atoms with Gasteiger partial charge in [0.25, 0.3) is 5.91 Å². The molecule has 0 spiro atoms. The summed E-state index contributed by atoms with van der Waals surface area (Å²) in [6, 6.07) is 8.58. The van der Waals surface area contributed by atoms with Gasteiger partial charge >= 0.3 is 0 Å². The Morgan fingerprint density at radius 2 is 2.15 bits per heavy atom. The van der Waals surface area contributed by atoms with E-state index in [0.717, 1.165) is 0 Å². The van der Waals surface area contributed by atoms with Crippen LogP contribution in [0.2, 0.25) is 0 Å². The normalized spacial score (nSPS) is 23.3. The van der Waals surface area contributed by atoms with Crippen LogP contribution in [0.3, 0.4) is 0 Å². The lowest BCUT2D eigenvalue weighted by molar-refractivity contribution is -0.131. The Morgan fingerprint density at radius 3 is 2.65 bits per heavy atom. The summed E-state index contributed by atoms with van der Waals surface area (Å²) in [5.41, 5.74) is 0.261. The summed E-state index contributed by atoms with van der Waals surface area (Å²) in [6.07, 6.45) is 0.211. The summed E-state index contributed by atoms with van der Waals surface area (Å²) >= 11 is 0. The van der Waals surface area contributed by atoms with Crippen molar-refractivity contribution in [2.45, 2.75) is 32.4 Å². The molecule has 1 amide bonds. The summed E-state index contributed by atoms with van der Waals surface area (Å²) in [6.45, 7) is 3.77. The van der Waals surface area contributed by atoms with Crippen molar-refractivity contribution in [2.24, 2.45) is 5.41 Å². The molecule has 20 heavy (non-hydrogen) atoms. The zero-order valence-corrected chi connectivity index (χ0v) is 11.6. The summed E-state index contributed by atoms with van der Waals surface area (Å²) in [7, 11) is 0. The van der Waals surface area contributed by atoms with Crippen LogP contribution in [-0.4, -0.2) is 29.8 Å². The molecule has 0 radical (unpaired) electrons. The van der Waals surface area contributed by atoms with Crippen LogP contribution in [0.5, 0.6) is 5.75 Å². The molecule has 2 unspecified atom stereocenters. The van der Waals surface area contributed by atoms with Crippen LogP contribution >= 0.6 is 0 Å². The van der Waals surface area contributed by atoms with E-state index in [1.165, 1.54) is 0 Å². The third-order valence-corrected chi connectivity index (χ3v) is 3.90. The minimum atomic E-state index is -0.368. The lowest BCUT2D eigenvalue weighted by atomic mass is 9.64. The number of nitrogens with zero attached hydrogens (tertiary/aromatic N) is 1. The van der Waals surface area contributed by atoms with Crippen LogP contribution in [0.4, 0.5) is 0 Å². The van der Waals surface area contributed by atoms with Crippen molar-refractivity contribution in [1.29, 1.82) is 5.26 Å². The standard InChI is InChI=1S/C15H18N2O3/c1-15(2)12(7-13(15)18)17-14(19)9-20-11-5-3-10(8-16)4-6-11/h3-6,12-13,18H,7,9H2,1-2H3,(H,17,19). The fourth-order valence-electron chi connectivity index (χ4n) is 2.16. The summed E-state index contributed by atoms with van der Waals surface area (Å²) in [5.74, 6) is 0.339. The molecule has 0 saturated heterocycles. The number of rotatable bonds is 4. The van der Waals surface area contributed by atoms with Crippen molar-refractivity contribution < 1.29 is 14.6 Å². The van der Waals surface area contributed by atoms with Crippen molar-refractivity contribution in [3.05, 3.63) is 29.8 Å². The van der Waals surface area contributed by atoms with Crippen LogP contribution in [0.15, 0.2) is 24.3 Å². The van der Waals surface area contributed by atoms with Gasteiger partial charge in [-0.1, -0.05) is 13.8 Å². The molecule has 0 aliphatic heterocycles. The number of amides is 1. The van der Waals surface area contributed by atoms with Gasteiger partial charge in [-0.25, -0.2) is 0 Å². The Hall–Kier alpha value is -2.06. The number of nitrogens with one attached hydrogen (secondary N) is 1. The van der Waals surface area contributed by atoms with Gasteiger partial charge in [0.1, 0.15) is 5.75 Å². The van der Waals surface area contributed by atoms with Crippen molar-refractivity contribution >= 4 is 5.91 Å². The molecule has 2 rings (SSSR count). The molecule has 0 aromatic heterocycles. The van der Waals surface area contributed by atoms with E-state index in [1.807, 2.05) is 19.9 Å². The molecule has 2 atom stereocenters. The highest BCUT2D eigenvalue weighted by Crippen LogP contribution is 2.40. The molecular formula is C15H18N2O3. The number of nitriles is 1. The Balaban J connectivity index is 1.79. The molecule has 2 N–H and O–H groups in total. The van der Waals surface area contributed by atoms with E-state index < -0.39 is 0 Å². The first-order valence-electron chi connectivity index (χ1n) is 6.54. The van der Waals surface area contributed by atoms with Gasteiger partial charge in [0.15, 0.2) is 6.61 Å². The number of aliphatic hydroxyl groups excluding tert-OH is 1. The van der Waals surface area contributed by atoms with Gasteiger partial charge in [-0.3, -0.25) is 4.79 Å². The Kier molecular flexibility index (Phi) is 3.96. The van der Waals surface area contributed by atoms with E-state index >= 15 is 0 Å². The third kappa shape index (κ3) is 2.91. The zero-order valence-electron chi connectivity index (χ0n) is 11.6. The fourth-order valence-corrected chi connectivity index (χ4v) is 2.16. The minimum Gasteiger partial charge on any atom is -0.484 e. The first kappa shape index (κ1) is 14.4. The number of hydrogen-bond acceptors (Lipinski definition) is 4. The van der Waals surface area contributed by atoms with Crippen LogP contribution in [0.1, 0.15) is 25.8 Å². The molecule has 1 aliphatic rings. The second-order valence-corrected chi connectivity index (χ2v) is 5.62. The predicted octanol–water partition coefficient (Wildman–Crippen LogP) is 1.21. The monoisotopic (exact) mass is 274 g/mol. The second kappa shape index (κ2) is 5.51. The van der Waals surface area contributed by atoms with E-state index in [4.69, 9.17) is 10.00 Å². The van der Waals surface area contributed by atoms with Gasteiger partial charge in [-0.2, -0.15) is 5.26 Å². The Labute approximate surface area is 118 Å². The van der Waals surface area contributed by atoms with Crippen molar-refractivity contribution in [3.8, 4) is 11.8 Å². The molecule has 1 fully saturated rings. The van der Waals surface area contributed by atoms with Gasteiger partial charge in [0.2, 0.25) is 0 Å². The predicted molar refractivity (Wildman–Crippen MR) is 73.0 cm³/mol. The van der Waals surface area contributed by atoms with Gasteiger partial charge in [0.05, 0.1) is 17.7 Å². The number of carbonyl (C=O) groups excluding carboxylic acids is 1. The Morgan fingerprint density at radius 1 is 1.50 bits per heavy atom. The van der Waals surface area contributed by atoms with E-state index in [-0.39, 0.29) is 30.1 Å². The van der Waals surface area contributed by atoms with Crippen LogP contribution in [-0.2, 0) is 4.79 Å².